The predicted octanol–water partition coefficient (Wildman–Crippen LogP) is 3.98. The molecule has 0 aliphatic carbocycles. The number of hydrogen-bond donors (Lipinski definition) is 2. The van der Waals surface area contributed by atoms with E-state index in [0.29, 0.717) is 16.6 Å². The normalized spacial score (nSPS) is 11.7. The summed E-state index contributed by atoms with van der Waals surface area (Å²) in [5, 5.41) is 17.4. The number of nitro benzene ring substituents is 1. The summed E-state index contributed by atoms with van der Waals surface area (Å²) in [5.41, 5.74) is 1.25. The van der Waals surface area contributed by atoms with Crippen LogP contribution in [0.25, 0.3) is 22.2 Å². The SMILES string of the molecule is Cc1c(S(=O)(=O)Nc2cc(-c3cccc([N+](=O)[O-])c3)[nH]n2)oc2ccc(F)cc12. The largest absolute Gasteiger partial charge is 0.442 e. The molecule has 11 heteroatoms. The average molecular weight is 416 g/mol. The summed E-state index contributed by atoms with van der Waals surface area (Å²) < 4.78 is 46.6. The summed E-state index contributed by atoms with van der Waals surface area (Å²) >= 11 is 0. The third-order valence-corrected chi connectivity index (χ3v) is 5.64. The standard InChI is InChI=1S/C18H13FN4O5S/c1-10-14-8-12(19)5-6-16(14)28-18(10)29(26,27)22-17-9-15(20-21-17)11-3-2-4-13(7-11)23(24)25/h2-9H,1H3,(H2,20,21,22). The minimum Gasteiger partial charge on any atom is -0.442 e. The second-order valence-corrected chi connectivity index (χ2v) is 7.82. The van der Waals surface area contributed by atoms with Gasteiger partial charge in [-0.1, -0.05) is 12.1 Å². The van der Waals surface area contributed by atoms with Gasteiger partial charge >= 0.3 is 0 Å². The van der Waals surface area contributed by atoms with E-state index >= 15 is 0 Å². The summed E-state index contributed by atoms with van der Waals surface area (Å²) in [7, 11) is -4.14. The number of hydrogen-bond acceptors (Lipinski definition) is 6. The third-order valence-electron chi connectivity index (χ3n) is 4.28. The lowest BCUT2D eigenvalue weighted by Crippen LogP contribution is -2.13. The Morgan fingerprint density at radius 1 is 1.21 bits per heavy atom. The number of sulfonamides is 1. The second kappa shape index (κ2) is 6.71. The molecule has 0 saturated heterocycles. The molecule has 148 valence electrons. The Kier molecular flexibility index (Phi) is 4.31. The summed E-state index contributed by atoms with van der Waals surface area (Å²) in [4.78, 5) is 10.4. The first-order valence-corrected chi connectivity index (χ1v) is 9.74. The van der Waals surface area contributed by atoms with Gasteiger partial charge in [0, 0.05) is 34.7 Å². The van der Waals surface area contributed by atoms with Crippen LogP contribution in [0.3, 0.4) is 0 Å². The minimum absolute atomic E-state index is 0.0301. The van der Waals surface area contributed by atoms with Crippen LogP contribution < -0.4 is 4.72 Å². The van der Waals surface area contributed by atoms with Crippen molar-refractivity contribution in [2.24, 2.45) is 0 Å². The van der Waals surface area contributed by atoms with Gasteiger partial charge in [-0.15, -0.1) is 0 Å². The number of anilines is 1. The third kappa shape index (κ3) is 3.43. The molecule has 0 fully saturated rings. The van der Waals surface area contributed by atoms with Crippen LogP contribution in [0, 0.1) is 22.9 Å². The molecule has 0 unspecified atom stereocenters. The fourth-order valence-corrected chi connectivity index (χ4v) is 4.11. The zero-order valence-corrected chi connectivity index (χ0v) is 15.7. The van der Waals surface area contributed by atoms with Gasteiger partial charge in [0.05, 0.1) is 10.6 Å². The first-order valence-electron chi connectivity index (χ1n) is 8.26. The highest BCUT2D eigenvalue weighted by atomic mass is 32.2. The fourth-order valence-electron chi connectivity index (χ4n) is 2.92. The Morgan fingerprint density at radius 2 is 2.00 bits per heavy atom. The zero-order valence-electron chi connectivity index (χ0n) is 14.8. The fraction of sp³-hybridized carbons (Fsp3) is 0.0556. The molecule has 9 nitrogen and oxygen atoms in total. The quantitative estimate of drug-likeness (QED) is 0.374. The number of aryl methyl sites for hydroxylation is 1. The predicted molar refractivity (Wildman–Crippen MR) is 102 cm³/mol. The number of halogens is 1. The van der Waals surface area contributed by atoms with Crippen molar-refractivity contribution in [3.05, 3.63) is 70.0 Å². The van der Waals surface area contributed by atoms with Gasteiger partial charge in [-0.3, -0.25) is 19.9 Å². The van der Waals surface area contributed by atoms with Crippen LogP contribution in [-0.4, -0.2) is 23.5 Å². The molecule has 2 heterocycles. The number of furan rings is 1. The van der Waals surface area contributed by atoms with Crippen LogP contribution in [0.15, 0.2) is 58.0 Å². The Hall–Kier alpha value is -3.73. The maximum atomic E-state index is 13.4. The Labute approximate surface area is 163 Å². The molecule has 4 rings (SSSR count). The first kappa shape index (κ1) is 18.6. The van der Waals surface area contributed by atoms with Gasteiger partial charge in [0.2, 0.25) is 5.09 Å². The number of nitrogens with one attached hydrogen (secondary N) is 2. The van der Waals surface area contributed by atoms with E-state index in [9.17, 15) is 22.9 Å². The van der Waals surface area contributed by atoms with E-state index in [2.05, 4.69) is 14.9 Å². The van der Waals surface area contributed by atoms with Crippen LogP contribution in [-0.2, 0) is 10.0 Å². The maximum Gasteiger partial charge on any atom is 0.296 e. The highest BCUT2D eigenvalue weighted by Gasteiger charge is 2.25. The van der Waals surface area contributed by atoms with E-state index in [1.807, 2.05) is 0 Å². The zero-order chi connectivity index (χ0) is 20.8. The van der Waals surface area contributed by atoms with Crippen molar-refractivity contribution in [3.63, 3.8) is 0 Å². The summed E-state index contributed by atoms with van der Waals surface area (Å²) in [6, 6.07) is 10.9. The maximum absolute atomic E-state index is 13.4. The number of nitro groups is 1. The van der Waals surface area contributed by atoms with Gasteiger partial charge in [-0.2, -0.15) is 13.5 Å². The van der Waals surface area contributed by atoms with Gasteiger partial charge in [0.1, 0.15) is 11.4 Å². The molecule has 2 N–H and O–H groups in total. The van der Waals surface area contributed by atoms with E-state index in [4.69, 9.17) is 4.42 Å². The average Bonchev–Trinajstić information content (AvgIpc) is 3.27. The highest BCUT2D eigenvalue weighted by Crippen LogP contribution is 2.31. The van der Waals surface area contributed by atoms with Crippen molar-refractivity contribution in [1.82, 2.24) is 10.2 Å². The molecule has 0 saturated carbocycles. The number of benzene rings is 2. The Morgan fingerprint density at radius 3 is 2.76 bits per heavy atom. The smallest absolute Gasteiger partial charge is 0.296 e. The molecule has 0 atom stereocenters. The molecule has 0 aliphatic rings. The number of nitrogens with zero attached hydrogens (tertiary/aromatic N) is 2. The van der Waals surface area contributed by atoms with E-state index in [-0.39, 0.29) is 27.7 Å². The van der Waals surface area contributed by atoms with E-state index in [1.165, 1.54) is 49.4 Å². The lowest BCUT2D eigenvalue weighted by atomic mass is 10.1. The number of fused-ring (bicyclic) bond motifs is 1. The lowest BCUT2D eigenvalue weighted by Gasteiger charge is -2.02. The summed E-state index contributed by atoms with van der Waals surface area (Å²) in [6.07, 6.45) is 0. The highest BCUT2D eigenvalue weighted by molar-refractivity contribution is 7.92. The molecule has 0 bridgehead atoms. The summed E-state index contributed by atoms with van der Waals surface area (Å²) in [6.45, 7) is 1.51. The van der Waals surface area contributed by atoms with Gasteiger partial charge in [0.15, 0.2) is 5.82 Å². The van der Waals surface area contributed by atoms with Crippen LogP contribution >= 0.6 is 0 Å². The molecule has 0 aliphatic heterocycles. The molecular weight excluding hydrogens is 403 g/mol. The van der Waals surface area contributed by atoms with E-state index in [0.717, 1.165) is 0 Å². The molecule has 2 aromatic carbocycles. The number of rotatable bonds is 5. The minimum atomic E-state index is -4.14. The van der Waals surface area contributed by atoms with Crippen molar-refractivity contribution >= 4 is 32.5 Å². The Balaban J connectivity index is 1.66. The van der Waals surface area contributed by atoms with Crippen molar-refractivity contribution in [3.8, 4) is 11.3 Å². The van der Waals surface area contributed by atoms with E-state index in [1.54, 1.807) is 6.07 Å². The van der Waals surface area contributed by atoms with Crippen LogP contribution in [0.5, 0.6) is 0 Å². The van der Waals surface area contributed by atoms with Crippen molar-refractivity contribution in [2.45, 2.75) is 12.0 Å². The van der Waals surface area contributed by atoms with Crippen LogP contribution in [0.2, 0.25) is 0 Å². The van der Waals surface area contributed by atoms with Crippen molar-refractivity contribution in [1.29, 1.82) is 0 Å². The molecule has 4 aromatic rings. The van der Waals surface area contributed by atoms with Gasteiger partial charge in [0.25, 0.3) is 15.7 Å². The topological polar surface area (TPSA) is 131 Å². The Bertz CT molecular complexity index is 1360. The van der Waals surface area contributed by atoms with Gasteiger partial charge in [-0.25, -0.2) is 4.39 Å². The van der Waals surface area contributed by atoms with Gasteiger partial charge in [-0.05, 0) is 25.1 Å². The molecule has 0 amide bonds. The second-order valence-electron chi connectivity index (χ2n) is 6.23. The van der Waals surface area contributed by atoms with Gasteiger partial charge < -0.3 is 4.42 Å². The van der Waals surface area contributed by atoms with Crippen LogP contribution in [0.4, 0.5) is 15.9 Å². The van der Waals surface area contributed by atoms with E-state index < -0.39 is 20.8 Å². The summed E-state index contributed by atoms with van der Waals surface area (Å²) in [5.74, 6) is -0.537. The molecule has 29 heavy (non-hydrogen) atoms. The van der Waals surface area contributed by atoms with Crippen LogP contribution in [0.1, 0.15) is 5.56 Å². The van der Waals surface area contributed by atoms with Crippen molar-refractivity contribution in [2.75, 3.05) is 4.72 Å². The first-order chi connectivity index (χ1) is 13.7. The van der Waals surface area contributed by atoms with Crippen molar-refractivity contribution < 1.29 is 22.1 Å². The monoisotopic (exact) mass is 416 g/mol. The molecule has 2 aromatic heterocycles. The number of aromatic amines is 1. The molecule has 0 radical (unpaired) electrons. The number of non-ortho nitro benzene ring substituents is 1. The number of H-pyrrole nitrogens is 1. The number of aromatic nitrogens is 2. The lowest BCUT2D eigenvalue weighted by molar-refractivity contribution is -0.384. The molecular formula is C18H13FN4O5S. The molecule has 0 spiro atoms.